The molecule has 1 rings (SSSR count). The van der Waals surface area contributed by atoms with E-state index >= 15 is 0 Å². The Balaban J connectivity index is 2.53. The summed E-state index contributed by atoms with van der Waals surface area (Å²) in [6, 6.07) is 4.97. The van der Waals surface area contributed by atoms with Gasteiger partial charge in [-0.15, -0.1) is 0 Å². The van der Waals surface area contributed by atoms with Gasteiger partial charge in [0, 0.05) is 5.92 Å². The van der Waals surface area contributed by atoms with E-state index in [9.17, 15) is 14.0 Å². The van der Waals surface area contributed by atoms with Crippen LogP contribution in [0.4, 0.5) is 4.39 Å². The quantitative estimate of drug-likeness (QED) is 0.736. The van der Waals surface area contributed by atoms with Crippen molar-refractivity contribution in [2.45, 2.75) is 13.8 Å². The third-order valence-electron chi connectivity index (χ3n) is 2.07. The number of ketones is 1. The summed E-state index contributed by atoms with van der Waals surface area (Å²) < 4.78 is 17.3. The normalized spacial score (nSPS) is 10.2. The lowest BCUT2D eigenvalue weighted by Crippen LogP contribution is -2.18. The number of rotatable bonds is 4. The second-order valence-corrected chi connectivity index (χ2v) is 3.70. The molecule has 0 heterocycles. The van der Waals surface area contributed by atoms with Crippen LogP contribution in [0.5, 0.6) is 0 Å². The second kappa shape index (κ2) is 5.39. The van der Waals surface area contributed by atoms with E-state index in [1.807, 2.05) is 0 Å². The molecule has 0 radical (unpaired) electrons. The lowest BCUT2D eigenvalue weighted by molar-refractivity contribution is -0.125. The highest BCUT2D eigenvalue weighted by Crippen LogP contribution is 2.05. The van der Waals surface area contributed by atoms with E-state index in [0.29, 0.717) is 0 Å². The van der Waals surface area contributed by atoms with Crippen LogP contribution < -0.4 is 0 Å². The molecule has 0 aromatic heterocycles. The predicted molar refractivity (Wildman–Crippen MR) is 56.5 cm³/mol. The molecule has 0 N–H and O–H groups in total. The zero-order valence-corrected chi connectivity index (χ0v) is 9.20. The van der Waals surface area contributed by atoms with Gasteiger partial charge in [-0.25, -0.2) is 9.18 Å². The molecule has 86 valence electrons. The first-order valence-corrected chi connectivity index (χ1v) is 4.96. The molecule has 0 amide bonds. The van der Waals surface area contributed by atoms with Gasteiger partial charge in [0.15, 0.2) is 12.4 Å². The average Bonchev–Trinajstić information content (AvgIpc) is 2.26. The van der Waals surface area contributed by atoms with Crippen LogP contribution in [0, 0.1) is 11.7 Å². The van der Waals surface area contributed by atoms with Crippen LogP contribution >= 0.6 is 0 Å². The summed E-state index contributed by atoms with van der Waals surface area (Å²) in [5, 5.41) is 0. The predicted octanol–water partition coefficient (Wildman–Crippen LogP) is 2.21. The Morgan fingerprint density at radius 3 is 2.31 bits per heavy atom. The van der Waals surface area contributed by atoms with Crippen LogP contribution in [0.2, 0.25) is 0 Å². The molecule has 1 aromatic carbocycles. The maximum absolute atomic E-state index is 12.6. The minimum atomic E-state index is -0.617. The van der Waals surface area contributed by atoms with Crippen molar-refractivity contribution in [2.75, 3.05) is 6.61 Å². The summed E-state index contributed by atoms with van der Waals surface area (Å²) in [4.78, 5) is 22.6. The molecule has 16 heavy (non-hydrogen) atoms. The maximum Gasteiger partial charge on any atom is 0.338 e. The van der Waals surface area contributed by atoms with Gasteiger partial charge in [0.25, 0.3) is 0 Å². The number of hydrogen-bond acceptors (Lipinski definition) is 3. The first kappa shape index (κ1) is 12.4. The van der Waals surface area contributed by atoms with Crippen molar-refractivity contribution in [3.8, 4) is 0 Å². The summed E-state index contributed by atoms with van der Waals surface area (Å²) in [6.45, 7) is 3.22. The van der Waals surface area contributed by atoms with Gasteiger partial charge >= 0.3 is 5.97 Å². The van der Waals surface area contributed by atoms with Crippen LogP contribution in [0.3, 0.4) is 0 Å². The number of Topliss-reactive ketones (excluding diaryl/α,β-unsaturated/α-hetero) is 1. The minimum absolute atomic E-state index is 0.143. The first-order valence-electron chi connectivity index (χ1n) is 4.96. The highest BCUT2D eigenvalue weighted by molar-refractivity contribution is 5.91. The minimum Gasteiger partial charge on any atom is -0.454 e. The smallest absolute Gasteiger partial charge is 0.338 e. The number of halogens is 1. The molecule has 0 spiro atoms. The molecule has 0 fully saturated rings. The van der Waals surface area contributed by atoms with Gasteiger partial charge in [-0.3, -0.25) is 4.79 Å². The molecule has 0 aliphatic rings. The molecule has 0 saturated heterocycles. The third kappa shape index (κ3) is 3.46. The Morgan fingerprint density at radius 1 is 1.25 bits per heavy atom. The monoisotopic (exact) mass is 224 g/mol. The van der Waals surface area contributed by atoms with Crippen molar-refractivity contribution in [1.29, 1.82) is 0 Å². The Kier molecular flexibility index (Phi) is 4.17. The fraction of sp³-hybridized carbons (Fsp3) is 0.333. The van der Waals surface area contributed by atoms with E-state index in [-0.39, 0.29) is 23.9 Å². The molecular formula is C12H13FO3. The van der Waals surface area contributed by atoms with E-state index in [2.05, 4.69) is 0 Å². The van der Waals surface area contributed by atoms with Crippen LogP contribution in [-0.4, -0.2) is 18.4 Å². The van der Waals surface area contributed by atoms with Gasteiger partial charge in [-0.2, -0.15) is 0 Å². The molecule has 0 bridgehead atoms. The van der Waals surface area contributed by atoms with Crippen molar-refractivity contribution in [3.05, 3.63) is 35.6 Å². The zero-order valence-electron chi connectivity index (χ0n) is 9.20. The SMILES string of the molecule is CC(C)C(=O)COC(=O)c1ccc(F)cc1. The number of carbonyl (C=O) groups is 2. The van der Waals surface area contributed by atoms with E-state index in [4.69, 9.17) is 4.74 Å². The number of benzene rings is 1. The Hall–Kier alpha value is -1.71. The van der Waals surface area contributed by atoms with E-state index in [1.165, 1.54) is 24.3 Å². The maximum atomic E-state index is 12.6. The van der Waals surface area contributed by atoms with Gasteiger partial charge in [0.1, 0.15) is 5.82 Å². The van der Waals surface area contributed by atoms with Crippen LogP contribution in [0.15, 0.2) is 24.3 Å². The van der Waals surface area contributed by atoms with Gasteiger partial charge in [-0.05, 0) is 24.3 Å². The van der Waals surface area contributed by atoms with Crippen molar-refractivity contribution >= 4 is 11.8 Å². The topological polar surface area (TPSA) is 43.4 Å². The number of esters is 1. The Labute approximate surface area is 93.2 Å². The van der Waals surface area contributed by atoms with Crippen molar-refractivity contribution in [3.63, 3.8) is 0 Å². The summed E-state index contributed by atoms with van der Waals surface area (Å²) in [5.41, 5.74) is 0.234. The van der Waals surface area contributed by atoms with E-state index < -0.39 is 11.8 Å². The highest BCUT2D eigenvalue weighted by Gasteiger charge is 2.12. The number of ether oxygens (including phenoxy) is 1. The molecule has 0 aliphatic heterocycles. The van der Waals surface area contributed by atoms with Crippen LogP contribution in [-0.2, 0) is 9.53 Å². The van der Waals surface area contributed by atoms with Gasteiger partial charge in [0.05, 0.1) is 5.56 Å². The number of hydrogen-bond donors (Lipinski definition) is 0. The van der Waals surface area contributed by atoms with Gasteiger partial charge < -0.3 is 4.74 Å². The first-order chi connectivity index (χ1) is 7.50. The lowest BCUT2D eigenvalue weighted by atomic mass is 10.1. The van der Waals surface area contributed by atoms with E-state index in [0.717, 1.165) is 0 Å². The molecule has 1 aromatic rings. The molecule has 4 heteroatoms. The second-order valence-electron chi connectivity index (χ2n) is 3.70. The Morgan fingerprint density at radius 2 is 1.81 bits per heavy atom. The van der Waals surface area contributed by atoms with Gasteiger partial charge in [-0.1, -0.05) is 13.8 Å². The molecule has 0 saturated carbocycles. The zero-order chi connectivity index (χ0) is 12.1. The van der Waals surface area contributed by atoms with Crippen LogP contribution in [0.1, 0.15) is 24.2 Å². The average molecular weight is 224 g/mol. The summed E-state index contributed by atoms with van der Waals surface area (Å²) in [6.07, 6.45) is 0. The highest BCUT2D eigenvalue weighted by atomic mass is 19.1. The molecule has 0 unspecified atom stereocenters. The summed E-state index contributed by atoms with van der Waals surface area (Å²) >= 11 is 0. The van der Waals surface area contributed by atoms with Gasteiger partial charge in [0.2, 0.25) is 0 Å². The third-order valence-corrected chi connectivity index (χ3v) is 2.07. The molecule has 0 aliphatic carbocycles. The standard InChI is InChI=1S/C12H13FO3/c1-8(2)11(14)7-16-12(15)9-3-5-10(13)6-4-9/h3-6,8H,7H2,1-2H3. The summed E-state index contributed by atoms with van der Waals surface area (Å²) in [5.74, 6) is -1.35. The van der Waals surface area contributed by atoms with Crippen molar-refractivity contribution in [2.24, 2.45) is 5.92 Å². The van der Waals surface area contributed by atoms with Crippen LogP contribution in [0.25, 0.3) is 0 Å². The molecule has 3 nitrogen and oxygen atoms in total. The van der Waals surface area contributed by atoms with Crippen molar-refractivity contribution < 1.29 is 18.7 Å². The summed E-state index contributed by atoms with van der Waals surface area (Å²) in [7, 11) is 0. The molecular weight excluding hydrogens is 211 g/mol. The van der Waals surface area contributed by atoms with Crippen molar-refractivity contribution in [1.82, 2.24) is 0 Å². The number of carbonyl (C=O) groups excluding carboxylic acids is 2. The largest absolute Gasteiger partial charge is 0.454 e. The molecule has 0 atom stereocenters. The fourth-order valence-electron chi connectivity index (χ4n) is 0.973. The fourth-order valence-corrected chi connectivity index (χ4v) is 0.973. The van der Waals surface area contributed by atoms with E-state index in [1.54, 1.807) is 13.8 Å². The Bertz CT molecular complexity index is 382. The lowest BCUT2D eigenvalue weighted by Gasteiger charge is -2.05.